The quantitative estimate of drug-likeness (QED) is 0.716. The number of hydrogen-bond donors (Lipinski definition) is 0. The number of fused-ring (bicyclic) bond motifs is 1. The monoisotopic (exact) mass is 322 g/mol. The average Bonchev–Trinajstić information content (AvgIpc) is 2.66. The Morgan fingerprint density at radius 1 is 0.958 bits per heavy atom. The molecule has 7 heteroatoms. The van der Waals surface area contributed by atoms with E-state index in [0.717, 1.165) is 32.0 Å². The minimum atomic E-state index is -0.0900. The van der Waals surface area contributed by atoms with Gasteiger partial charge in [0.25, 0.3) is 5.56 Å². The predicted molar refractivity (Wildman–Crippen MR) is 91.8 cm³/mol. The van der Waals surface area contributed by atoms with Gasteiger partial charge in [0, 0.05) is 32.4 Å². The van der Waals surface area contributed by atoms with Gasteiger partial charge in [0.15, 0.2) is 0 Å². The van der Waals surface area contributed by atoms with Crippen LogP contribution in [0.4, 0.5) is 5.82 Å². The second kappa shape index (κ2) is 6.37. The van der Waals surface area contributed by atoms with E-state index in [4.69, 9.17) is 0 Å². The summed E-state index contributed by atoms with van der Waals surface area (Å²) in [4.78, 5) is 21.4. The smallest absolute Gasteiger partial charge is 0.278 e. The van der Waals surface area contributed by atoms with E-state index in [-0.39, 0.29) is 5.56 Å². The van der Waals surface area contributed by atoms with E-state index >= 15 is 0 Å². The minimum absolute atomic E-state index is 0.0900. The van der Waals surface area contributed by atoms with Gasteiger partial charge in [-0.15, -0.1) is 5.10 Å². The molecule has 4 rings (SSSR count). The molecule has 0 atom stereocenters. The lowest BCUT2D eigenvalue weighted by molar-refractivity contribution is 0.189. The fraction of sp³-hybridized carbons (Fsp3) is 0.294. The maximum Gasteiger partial charge on any atom is 0.278 e. The zero-order valence-corrected chi connectivity index (χ0v) is 13.2. The summed E-state index contributed by atoms with van der Waals surface area (Å²) in [6, 6.07) is 13.2. The molecule has 0 saturated carbocycles. The van der Waals surface area contributed by atoms with Crippen LogP contribution in [0.25, 0.3) is 10.9 Å². The number of anilines is 1. The van der Waals surface area contributed by atoms with Crippen LogP contribution in [0, 0.1) is 0 Å². The molecule has 1 saturated heterocycles. The van der Waals surface area contributed by atoms with Crippen LogP contribution in [0.5, 0.6) is 0 Å². The molecule has 0 spiro atoms. The van der Waals surface area contributed by atoms with E-state index in [9.17, 15) is 4.79 Å². The van der Waals surface area contributed by atoms with Crippen LogP contribution in [-0.2, 0) is 6.67 Å². The molecule has 1 aliphatic rings. The number of pyridine rings is 1. The van der Waals surface area contributed by atoms with Crippen LogP contribution in [0.3, 0.4) is 0 Å². The molecule has 1 aromatic carbocycles. The Kier molecular flexibility index (Phi) is 3.92. The van der Waals surface area contributed by atoms with Gasteiger partial charge in [-0.05, 0) is 24.3 Å². The Labute approximate surface area is 139 Å². The van der Waals surface area contributed by atoms with Crippen molar-refractivity contribution in [2.75, 3.05) is 31.1 Å². The molecule has 0 amide bonds. The number of aromatic nitrogens is 4. The van der Waals surface area contributed by atoms with Crippen LogP contribution < -0.4 is 10.5 Å². The van der Waals surface area contributed by atoms with Gasteiger partial charge in [-0.2, -0.15) is 4.68 Å². The molecule has 3 aromatic rings. The van der Waals surface area contributed by atoms with Crippen molar-refractivity contribution in [2.45, 2.75) is 6.67 Å². The molecule has 1 aliphatic heterocycles. The van der Waals surface area contributed by atoms with E-state index in [0.29, 0.717) is 17.6 Å². The van der Waals surface area contributed by atoms with E-state index in [1.165, 1.54) is 4.68 Å². The third kappa shape index (κ3) is 2.85. The molecule has 0 unspecified atom stereocenters. The lowest BCUT2D eigenvalue weighted by Crippen LogP contribution is -2.48. The Morgan fingerprint density at radius 2 is 1.75 bits per heavy atom. The topological polar surface area (TPSA) is 67.2 Å². The largest absolute Gasteiger partial charge is 0.354 e. The van der Waals surface area contributed by atoms with Gasteiger partial charge in [-0.3, -0.25) is 9.69 Å². The second-order valence-electron chi connectivity index (χ2n) is 5.85. The molecule has 7 nitrogen and oxygen atoms in total. The maximum absolute atomic E-state index is 12.5. The minimum Gasteiger partial charge on any atom is -0.354 e. The molecule has 0 N–H and O–H groups in total. The number of nitrogens with zero attached hydrogens (tertiary/aromatic N) is 6. The van der Waals surface area contributed by atoms with Crippen molar-refractivity contribution in [2.24, 2.45) is 0 Å². The lowest BCUT2D eigenvalue weighted by Gasteiger charge is -2.35. The first kappa shape index (κ1) is 14.8. The predicted octanol–water partition coefficient (Wildman–Crippen LogP) is 0.966. The Balaban J connectivity index is 1.46. The van der Waals surface area contributed by atoms with Crippen LogP contribution in [0.15, 0.2) is 53.5 Å². The summed E-state index contributed by atoms with van der Waals surface area (Å²) in [6.07, 6.45) is 1.81. The van der Waals surface area contributed by atoms with Crippen LogP contribution in [0.1, 0.15) is 0 Å². The Bertz CT molecular complexity index is 886. The van der Waals surface area contributed by atoms with Gasteiger partial charge in [0.2, 0.25) is 0 Å². The highest BCUT2D eigenvalue weighted by molar-refractivity contribution is 5.76. The maximum atomic E-state index is 12.5. The van der Waals surface area contributed by atoms with E-state index in [1.54, 1.807) is 12.1 Å². The molecule has 122 valence electrons. The Morgan fingerprint density at radius 3 is 2.54 bits per heavy atom. The van der Waals surface area contributed by atoms with E-state index < -0.39 is 0 Å². The van der Waals surface area contributed by atoms with Gasteiger partial charge in [0.05, 0.1) is 12.1 Å². The highest BCUT2D eigenvalue weighted by Gasteiger charge is 2.19. The molecule has 1 fully saturated rings. The van der Waals surface area contributed by atoms with Gasteiger partial charge in [0.1, 0.15) is 11.3 Å². The molecular formula is C17H18N6O. The molecular weight excluding hydrogens is 304 g/mol. The van der Waals surface area contributed by atoms with E-state index in [1.807, 2.05) is 36.5 Å². The van der Waals surface area contributed by atoms with Crippen LogP contribution in [0.2, 0.25) is 0 Å². The van der Waals surface area contributed by atoms with Crippen LogP contribution in [-0.4, -0.2) is 51.1 Å². The summed E-state index contributed by atoms with van der Waals surface area (Å²) < 4.78 is 1.44. The van der Waals surface area contributed by atoms with Gasteiger partial charge in [-0.1, -0.05) is 23.4 Å². The zero-order valence-electron chi connectivity index (χ0n) is 13.2. The van der Waals surface area contributed by atoms with Gasteiger partial charge < -0.3 is 4.90 Å². The number of piperazine rings is 1. The van der Waals surface area contributed by atoms with Crippen molar-refractivity contribution < 1.29 is 0 Å². The highest BCUT2D eigenvalue weighted by Crippen LogP contribution is 2.12. The zero-order chi connectivity index (χ0) is 16.4. The number of rotatable bonds is 3. The summed E-state index contributed by atoms with van der Waals surface area (Å²) >= 11 is 0. The second-order valence-corrected chi connectivity index (χ2v) is 5.85. The Hall–Kier alpha value is -2.80. The van der Waals surface area contributed by atoms with Crippen molar-refractivity contribution in [3.8, 4) is 0 Å². The van der Waals surface area contributed by atoms with Gasteiger partial charge >= 0.3 is 0 Å². The van der Waals surface area contributed by atoms with Crippen LogP contribution >= 0.6 is 0 Å². The summed E-state index contributed by atoms with van der Waals surface area (Å²) in [5.41, 5.74) is 0.548. The van der Waals surface area contributed by atoms with Crippen molar-refractivity contribution in [3.05, 3.63) is 59.0 Å². The molecule has 3 heterocycles. The fourth-order valence-corrected chi connectivity index (χ4v) is 2.96. The number of benzene rings is 1. The third-order valence-corrected chi connectivity index (χ3v) is 4.31. The normalized spacial score (nSPS) is 15.8. The summed E-state index contributed by atoms with van der Waals surface area (Å²) in [7, 11) is 0. The first-order valence-electron chi connectivity index (χ1n) is 8.02. The molecule has 0 aliphatic carbocycles. The standard InChI is InChI=1S/C17H18N6O/c24-17-14-5-1-2-6-15(14)19-20-23(17)13-21-9-11-22(12-10-21)16-7-3-4-8-18-16/h1-8H,9-13H2. The SMILES string of the molecule is O=c1c2ccccc2nnn1CN1CCN(c2ccccn2)CC1. The lowest BCUT2D eigenvalue weighted by atomic mass is 10.2. The molecule has 0 radical (unpaired) electrons. The summed E-state index contributed by atoms with van der Waals surface area (Å²) in [6.45, 7) is 3.95. The third-order valence-electron chi connectivity index (χ3n) is 4.31. The van der Waals surface area contributed by atoms with Crippen molar-refractivity contribution in [1.29, 1.82) is 0 Å². The van der Waals surface area contributed by atoms with Crippen molar-refractivity contribution in [3.63, 3.8) is 0 Å². The van der Waals surface area contributed by atoms with Crippen molar-refractivity contribution in [1.82, 2.24) is 24.9 Å². The average molecular weight is 322 g/mol. The molecule has 2 aromatic heterocycles. The van der Waals surface area contributed by atoms with Gasteiger partial charge in [-0.25, -0.2) is 4.98 Å². The van der Waals surface area contributed by atoms with Crippen molar-refractivity contribution >= 4 is 16.7 Å². The number of hydrogen-bond acceptors (Lipinski definition) is 6. The first-order valence-corrected chi connectivity index (χ1v) is 8.02. The molecule has 0 bridgehead atoms. The first-order chi connectivity index (χ1) is 11.8. The summed E-state index contributed by atoms with van der Waals surface area (Å²) in [5.74, 6) is 1.000. The molecule has 24 heavy (non-hydrogen) atoms. The highest BCUT2D eigenvalue weighted by atomic mass is 16.1. The van der Waals surface area contributed by atoms with E-state index in [2.05, 4.69) is 25.1 Å². The fourth-order valence-electron chi connectivity index (χ4n) is 2.96. The summed E-state index contributed by atoms with van der Waals surface area (Å²) in [5, 5.41) is 8.81.